The molecule has 0 spiro atoms. The molecule has 0 aromatic carbocycles. The first-order valence-electron chi connectivity index (χ1n) is 3.62. The molecule has 1 aromatic heterocycles. The zero-order valence-electron chi connectivity index (χ0n) is 7.29. The second kappa shape index (κ2) is 3.87. The van der Waals surface area contributed by atoms with Crippen molar-refractivity contribution in [1.82, 2.24) is 4.98 Å². The van der Waals surface area contributed by atoms with Crippen LogP contribution in [0, 0.1) is 11.3 Å². The fourth-order valence-corrected chi connectivity index (χ4v) is 0.967. The standard InChI is InChI=1S/C8H7F2N3O/c1-14-5-3-13-7(8(9)10)6(12)4(5)2-11/h3,8H,12H2,1H3. The van der Waals surface area contributed by atoms with E-state index in [4.69, 9.17) is 15.7 Å². The Morgan fingerprint density at radius 3 is 2.71 bits per heavy atom. The smallest absolute Gasteiger partial charge is 0.282 e. The van der Waals surface area contributed by atoms with E-state index in [0.29, 0.717) is 0 Å². The van der Waals surface area contributed by atoms with Crippen LogP contribution in [0.3, 0.4) is 0 Å². The Kier molecular flexibility index (Phi) is 2.82. The topological polar surface area (TPSA) is 71.9 Å². The largest absolute Gasteiger partial charge is 0.494 e. The third-order valence-electron chi connectivity index (χ3n) is 1.65. The molecule has 0 aliphatic rings. The molecule has 14 heavy (non-hydrogen) atoms. The van der Waals surface area contributed by atoms with Crippen molar-refractivity contribution >= 4 is 5.69 Å². The predicted octanol–water partition coefficient (Wildman–Crippen LogP) is 1.48. The van der Waals surface area contributed by atoms with Gasteiger partial charge in [-0.25, -0.2) is 13.8 Å². The Hall–Kier alpha value is -1.90. The lowest BCUT2D eigenvalue weighted by molar-refractivity contribution is 0.147. The number of ether oxygens (including phenoxy) is 1. The first-order chi connectivity index (χ1) is 6.61. The number of nitrogens with zero attached hydrogens (tertiary/aromatic N) is 2. The van der Waals surface area contributed by atoms with Crippen molar-refractivity contribution in [3.05, 3.63) is 17.5 Å². The summed E-state index contributed by atoms with van der Waals surface area (Å²) in [6, 6.07) is 1.69. The van der Waals surface area contributed by atoms with E-state index in [0.717, 1.165) is 6.20 Å². The summed E-state index contributed by atoms with van der Waals surface area (Å²) < 4.78 is 29.3. The van der Waals surface area contributed by atoms with Gasteiger partial charge in [0.15, 0.2) is 5.75 Å². The average molecular weight is 199 g/mol. The summed E-state index contributed by atoms with van der Waals surface area (Å²) in [6.07, 6.45) is -1.75. The minimum atomic E-state index is -2.80. The lowest BCUT2D eigenvalue weighted by Gasteiger charge is -2.08. The van der Waals surface area contributed by atoms with Gasteiger partial charge in [-0.3, -0.25) is 0 Å². The molecule has 4 nitrogen and oxygen atoms in total. The predicted molar refractivity (Wildman–Crippen MR) is 44.9 cm³/mol. The summed E-state index contributed by atoms with van der Waals surface area (Å²) >= 11 is 0. The Morgan fingerprint density at radius 2 is 2.29 bits per heavy atom. The Bertz CT molecular complexity index is 387. The quantitative estimate of drug-likeness (QED) is 0.782. The van der Waals surface area contributed by atoms with Crippen molar-refractivity contribution in [2.75, 3.05) is 12.8 Å². The normalized spacial score (nSPS) is 9.93. The highest BCUT2D eigenvalue weighted by Gasteiger charge is 2.18. The molecule has 6 heteroatoms. The third kappa shape index (κ3) is 1.57. The van der Waals surface area contributed by atoms with Gasteiger partial charge < -0.3 is 10.5 Å². The second-order valence-corrected chi connectivity index (χ2v) is 2.41. The molecule has 74 valence electrons. The maximum absolute atomic E-state index is 12.3. The summed E-state index contributed by atoms with van der Waals surface area (Å²) in [7, 11) is 1.30. The maximum atomic E-state index is 12.3. The van der Waals surface area contributed by atoms with Crippen LogP contribution < -0.4 is 10.5 Å². The zero-order valence-corrected chi connectivity index (χ0v) is 7.29. The van der Waals surface area contributed by atoms with Crippen LogP contribution >= 0.6 is 0 Å². The van der Waals surface area contributed by atoms with Crippen LogP contribution in [-0.4, -0.2) is 12.1 Å². The van der Waals surface area contributed by atoms with E-state index in [1.165, 1.54) is 7.11 Å². The van der Waals surface area contributed by atoms with Gasteiger partial charge in [0.2, 0.25) is 0 Å². The van der Waals surface area contributed by atoms with E-state index in [-0.39, 0.29) is 17.0 Å². The number of nitrogens with two attached hydrogens (primary N) is 1. The van der Waals surface area contributed by atoms with Gasteiger partial charge in [0.05, 0.1) is 19.0 Å². The summed E-state index contributed by atoms with van der Waals surface area (Å²) in [5.74, 6) is 0.0920. The number of rotatable bonds is 2. The molecular weight excluding hydrogens is 192 g/mol. The second-order valence-electron chi connectivity index (χ2n) is 2.41. The molecule has 0 saturated carbocycles. The number of anilines is 1. The summed E-state index contributed by atoms with van der Waals surface area (Å²) in [5, 5.41) is 8.65. The Balaban J connectivity index is 3.37. The van der Waals surface area contributed by atoms with E-state index in [1.54, 1.807) is 6.07 Å². The molecule has 0 radical (unpaired) electrons. The van der Waals surface area contributed by atoms with Gasteiger partial charge in [0.25, 0.3) is 6.43 Å². The molecule has 0 saturated heterocycles. The molecule has 1 aromatic rings. The molecule has 2 N–H and O–H groups in total. The minimum Gasteiger partial charge on any atom is -0.494 e. The highest BCUT2D eigenvalue weighted by atomic mass is 19.3. The number of halogens is 2. The number of nitriles is 1. The van der Waals surface area contributed by atoms with Crippen LogP contribution in [0.4, 0.5) is 14.5 Å². The van der Waals surface area contributed by atoms with Crippen molar-refractivity contribution in [3.63, 3.8) is 0 Å². The Morgan fingerprint density at radius 1 is 1.64 bits per heavy atom. The SMILES string of the molecule is COc1cnc(C(F)F)c(N)c1C#N. The van der Waals surface area contributed by atoms with Gasteiger partial charge in [-0.05, 0) is 0 Å². The first-order valence-corrected chi connectivity index (χ1v) is 3.62. The van der Waals surface area contributed by atoms with Gasteiger partial charge >= 0.3 is 0 Å². The third-order valence-corrected chi connectivity index (χ3v) is 1.65. The van der Waals surface area contributed by atoms with E-state index in [1.807, 2.05) is 0 Å². The van der Waals surface area contributed by atoms with E-state index in [9.17, 15) is 8.78 Å². The average Bonchev–Trinajstić information content (AvgIpc) is 2.16. The zero-order chi connectivity index (χ0) is 10.7. The molecule has 0 amide bonds. The van der Waals surface area contributed by atoms with E-state index < -0.39 is 12.1 Å². The van der Waals surface area contributed by atoms with Gasteiger partial charge in [-0.1, -0.05) is 0 Å². The lowest BCUT2D eigenvalue weighted by Crippen LogP contribution is -2.03. The number of alkyl halides is 2. The summed E-state index contributed by atoms with van der Waals surface area (Å²) in [6.45, 7) is 0. The van der Waals surface area contributed by atoms with Crippen molar-refractivity contribution in [2.24, 2.45) is 0 Å². The van der Waals surface area contributed by atoms with Gasteiger partial charge in [0.1, 0.15) is 17.3 Å². The number of pyridine rings is 1. The van der Waals surface area contributed by atoms with E-state index in [2.05, 4.69) is 4.98 Å². The number of hydrogen-bond acceptors (Lipinski definition) is 4. The fraction of sp³-hybridized carbons (Fsp3) is 0.250. The molecule has 0 atom stereocenters. The van der Waals surface area contributed by atoms with Crippen LogP contribution in [0.1, 0.15) is 17.7 Å². The van der Waals surface area contributed by atoms with Gasteiger partial charge in [-0.2, -0.15) is 5.26 Å². The Labute approximate surface area is 78.9 Å². The number of methoxy groups -OCH3 is 1. The fourth-order valence-electron chi connectivity index (χ4n) is 0.967. The van der Waals surface area contributed by atoms with E-state index >= 15 is 0 Å². The summed E-state index contributed by atoms with van der Waals surface area (Å²) in [5.41, 5.74) is 4.29. The molecule has 0 aliphatic carbocycles. The highest BCUT2D eigenvalue weighted by Crippen LogP contribution is 2.30. The monoisotopic (exact) mass is 199 g/mol. The highest BCUT2D eigenvalue weighted by molar-refractivity contribution is 5.63. The summed E-state index contributed by atoms with van der Waals surface area (Å²) in [4.78, 5) is 3.41. The number of nitrogen functional groups attached to an aromatic ring is 1. The van der Waals surface area contributed by atoms with Crippen molar-refractivity contribution in [2.45, 2.75) is 6.43 Å². The molecule has 0 fully saturated rings. The van der Waals surface area contributed by atoms with Gasteiger partial charge in [0, 0.05) is 0 Å². The molecule has 0 bridgehead atoms. The maximum Gasteiger partial charge on any atom is 0.282 e. The molecule has 1 heterocycles. The molecule has 0 aliphatic heterocycles. The molecule has 1 rings (SSSR count). The molecule has 0 unspecified atom stereocenters. The van der Waals surface area contributed by atoms with Crippen molar-refractivity contribution < 1.29 is 13.5 Å². The number of aromatic nitrogens is 1. The first kappa shape index (κ1) is 10.2. The van der Waals surface area contributed by atoms with Gasteiger partial charge in [-0.15, -0.1) is 0 Å². The van der Waals surface area contributed by atoms with Crippen LogP contribution in [0.2, 0.25) is 0 Å². The minimum absolute atomic E-state index is 0.0920. The van der Waals surface area contributed by atoms with Crippen LogP contribution in [0.25, 0.3) is 0 Å². The van der Waals surface area contributed by atoms with Crippen molar-refractivity contribution in [3.8, 4) is 11.8 Å². The van der Waals surface area contributed by atoms with Crippen molar-refractivity contribution in [1.29, 1.82) is 5.26 Å². The lowest BCUT2D eigenvalue weighted by atomic mass is 10.2. The molecular formula is C8H7F2N3O. The van der Waals surface area contributed by atoms with Crippen LogP contribution in [0.15, 0.2) is 6.20 Å². The number of hydrogen-bond donors (Lipinski definition) is 1. The van der Waals surface area contributed by atoms with Crippen LogP contribution in [0.5, 0.6) is 5.75 Å². The van der Waals surface area contributed by atoms with Crippen LogP contribution in [-0.2, 0) is 0 Å².